The first-order valence-corrected chi connectivity index (χ1v) is 6.30. The average molecular weight is 270 g/mol. The minimum atomic E-state index is -0.147. The van der Waals surface area contributed by atoms with E-state index in [9.17, 15) is 4.79 Å². The minimum absolute atomic E-state index is 0.147. The Morgan fingerprint density at radius 2 is 2.44 bits per heavy atom. The largest absolute Gasteiger partial charge is 0.491 e. The van der Waals surface area contributed by atoms with Crippen LogP contribution in [0.1, 0.15) is 13.3 Å². The second-order valence-electron chi connectivity index (χ2n) is 4.36. The van der Waals surface area contributed by atoms with Crippen LogP contribution in [0.25, 0.3) is 0 Å². The fraction of sp³-hybridized carbons (Fsp3) is 0.462. The Hall–Kier alpha value is -1.26. The smallest absolute Gasteiger partial charge is 0.221 e. The Kier molecular flexibility index (Phi) is 4.44. The molecule has 0 aromatic heterocycles. The van der Waals surface area contributed by atoms with Gasteiger partial charge >= 0.3 is 0 Å². The normalized spacial score (nSPS) is 18.7. The number of anilines is 1. The molecule has 0 radical (unpaired) electrons. The van der Waals surface area contributed by atoms with Gasteiger partial charge in [0.1, 0.15) is 5.75 Å². The molecule has 1 aromatic carbocycles. The van der Waals surface area contributed by atoms with Gasteiger partial charge in [0.25, 0.3) is 0 Å². The first kappa shape index (κ1) is 13.2. The number of rotatable bonds is 4. The van der Waals surface area contributed by atoms with E-state index < -0.39 is 0 Å². The van der Waals surface area contributed by atoms with E-state index in [0.29, 0.717) is 29.0 Å². The van der Waals surface area contributed by atoms with E-state index in [1.807, 2.05) is 0 Å². The number of carbonyl (C=O) groups is 1. The summed E-state index contributed by atoms with van der Waals surface area (Å²) in [6, 6.07) is 5.19. The quantitative estimate of drug-likeness (QED) is 0.914. The maximum Gasteiger partial charge on any atom is 0.221 e. The summed E-state index contributed by atoms with van der Waals surface area (Å²) in [6.07, 6.45) is 1.02. The van der Waals surface area contributed by atoms with E-state index >= 15 is 0 Å². The van der Waals surface area contributed by atoms with E-state index in [4.69, 9.17) is 21.1 Å². The van der Waals surface area contributed by atoms with Crippen molar-refractivity contribution in [3.8, 4) is 5.75 Å². The van der Waals surface area contributed by atoms with Gasteiger partial charge in [0.15, 0.2) is 0 Å². The van der Waals surface area contributed by atoms with Crippen molar-refractivity contribution in [3.05, 3.63) is 23.2 Å². The summed E-state index contributed by atoms with van der Waals surface area (Å²) in [5.74, 6) is 0.915. The molecule has 1 atom stereocenters. The van der Waals surface area contributed by atoms with Gasteiger partial charge in [-0.15, -0.1) is 0 Å². The second-order valence-corrected chi connectivity index (χ2v) is 4.80. The number of carbonyl (C=O) groups excluding carboxylic acids is 1. The molecule has 1 aliphatic rings. The molecule has 0 spiro atoms. The Bertz CT molecular complexity index is 430. The third-order valence-electron chi connectivity index (χ3n) is 2.75. The number of halogens is 1. The lowest BCUT2D eigenvalue weighted by molar-refractivity contribution is -0.114. The number of nitrogens with one attached hydrogen (secondary N) is 1. The van der Waals surface area contributed by atoms with Crippen LogP contribution in [0.5, 0.6) is 5.75 Å². The van der Waals surface area contributed by atoms with Crippen LogP contribution in [-0.4, -0.2) is 25.7 Å². The van der Waals surface area contributed by atoms with Crippen LogP contribution in [0.4, 0.5) is 5.69 Å². The Morgan fingerprint density at radius 1 is 1.61 bits per heavy atom. The van der Waals surface area contributed by atoms with Crippen LogP contribution >= 0.6 is 11.6 Å². The van der Waals surface area contributed by atoms with Gasteiger partial charge in [-0.25, -0.2) is 0 Å². The van der Waals surface area contributed by atoms with Crippen molar-refractivity contribution < 1.29 is 14.3 Å². The monoisotopic (exact) mass is 269 g/mol. The lowest BCUT2D eigenvalue weighted by Crippen LogP contribution is -2.13. The lowest BCUT2D eigenvalue weighted by Gasteiger charge is -2.14. The van der Waals surface area contributed by atoms with Gasteiger partial charge in [0.05, 0.1) is 18.9 Å². The van der Waals surface area contributed by atoms with Gasteiger partial charge in [-0.1, -0.05) is 11.6 Å². The predicted molar refractivity (Wildman–Crippen MR) is 70.2 cm³/mol. The molecule has 98 valence electrons. The first-order valence-electron chi connectivity index (χ1n) is 5.93. The molecule has 1 aliphatic heterocycles. The second kappa shape index (κ2) is 6.07. The highest BCUT2D eigenvalue weighted by Gasteiger charge is 2.17. The average Bonchev–Trinajstić information content (AvgIpc) is 2.80. The summed E-state index contributed by atoms with van der Waals surface area (Å²) in [6.45, 7) is 3.58. The van der Waals surface area contributed by atoms with Gasteiger partial charge in [-0.3, -0.25) is 4.79 Å². The van der Waals surface area contributed by atoms with Gasteiger partial charge < -0.3 is 14.8 Å². The minimum Gasteiger partial charge on any atom is -0.491 e. The summed E-state index contributed by atoms with van der Waals surface area (Å²) in [4.78, 5) is 11.1. The molecule has 0 saturated carbocycles. The Balaban J connectivity index is 2.03. The van der Waals surface area contributed by atoms with Crippen molar-refractivity contribution in [2.45, 2.75) is 13.3 Å². The number of ether oxygens (including phenoxy) is 2. The number of hydrogen-bond donors (Lipinski definition) is 1. The summed E-state index contributed by atoms with van der Waals surface area (Å²) in [7, 11) is 0. The molecule has 0 aliphatic carbocycles. The molecular formula is C13H16ClNO3. The van der Waals surface area contributed by atoms with Crippen molar-refractivity contribution in [2.24, 2.45) is 5.92 Å². The molecule has 1 unspecified atom stereocenters. The molecule has 4 nitrogen and oxygen atoms in total. The van der Waals surface area contributed by atoms with E-state index in [-0.39, 0.29) is 5.91 Å². The standard InChI is InChI=1S/C13H16ClNO3/c1-9(16)15-12-6-11(14)2-3-13(12)18-8-10-4-5-17-7-10/h2-3,6,10H,4-5,7-8H2,1H3,(H,15,16). The van der Waals surface area contributed by atoms with Crippen LogP contribution in [0.15, 0.2) is 18.2 Å². The molecule has 18 heavy (non-hydrogen) atoms. The van der Waals surface area contributed by atoms with E-state index in [1.54, 1.807) is 18.2 Å². The highest BCUT2D eigenvalue weighted by atomic mass is 35.5. The fourth-order valence-corrected chi connectivity index (χ4v) is 2.01. The van der Waals surface area contributed by atoms with Crippen LogP contribution in [0.3, 0.4) is 0 Å². The summed E-state index contributed by atoms with van der Waals surface area (Å²) in [5, 5.41) is 3.28. The highest BCUT2D eigenvalue weighted by molar-refractivity contribution is 6.31. The zero-order valence-corrected chi connectivity index (χ0v) is 11.0. The zero-order valence-electron chi connectivity index (χ0n) is 10.2. The maximum atomic E-state index is 11.1. The van der Waals surface area contributed by atoms with Crippen molar-refractivity contribution in [2.75, 3.05) is 25.1 Å². The van der Waals surface area contributed by atoms with Crippen LogP contribution in [0.2, 0.25) is 5.02 Å². The van der Waals surface area contributed by atoms with Gasteiger partial charge in [-0.2, -0.15) is 0 Å². The Labute approximate surface area is 111 Å². The van der Waals surface area contributed by atoms with Crippen molar-refractivity contribution >= 4 is 23.2 Å². The van der Waals surface area contributed by atoms with Crippen molar-refractivity contribution in [1.82, 2.24) is 0 Å². The van der Waals surface area contributed by atoms with E-state index in [0.717, 1.165) is 19.6 Å². The summed E-state index contributed by atoms with van der Waals surface area (Å²) >= 11 is 5.90. The van der Waals surface area contributed by atoms with Crippen molar-refractivity contribution in [1.29, 1.82) is 0 Å². The van der Waals surface area contributed by atoms with E-state index in [1.165, 1.54) is 6.92 Å². The molecule has 1 fully saturated rings. The number of hydrogen-bond acceptors (Lipinski definition) is 3. The SMILES string of the molecule is CC(=O)Nc1cc(Cl)ccc1OCC1CCOC1. The molecule has 5 heteroatoms. The molecule has 1 heterocycles. The van der Waals surface area contributed by atoms with E-state index in [2.05, 4.69) is 5.32 Å². The van der Waals surface area contributed by atoms with Crippen LogP contribution in [0, 0.1) is 5.92 Å². The summed E-state index contributed by atoms with van der Waals surface area (Å²) in [5.41, 5.74) is 0.605. The van der Waals surface area contributed by atoms with Crippen LogP contribution in [-0.2, 0) is 9.53 Å². The summed E-state index contributed by atoms with van der Waals surface area (Å²) < 4.78 is 11.0. The van der Waals surface area contributed by atoms with Crippen LogP contribution < -0.4 is 10.1 Å². The topological polar surface area (TPSA) is 47.6 Å². The molecule has 1 amide bonds. The third kappa shape index (κ3) is 3.62. The van der Waals surface area contributed by atoms with Gasteiger partial charge in [0.2, 0.25) is 5.91 Å². The Morgan fingerprint density at radius 3 is 3.11 bits per heavy atom. The molecule has 1 N–H and O–H groups in total. The molecule has 1 saturated heterocycles. The predicted octanol–water partition coefficient (Wildman–Crippen LogP) is 2.71. The number of benzene rings is 1. The van der Waals surface area contributed by atoms with Crippen molar-refractivity contribution in [3.63, 3.8) is 0 Å². The van der Waals surface area contributed by atoms with Gasteiger partial charge in [0, 0.05) is 24.5 Å². The molecule has 1 aromatic rings. The molecular weight excluding hydrogens is 254 g/mol. The van der Waals surface area contributed by atoms with Gasteiger partial charge in [-0.05, 0) is 24.6 Å². The lowest BCUT2D eigenvalue weighted by atomic mass is 10.1. The first-order chi connectivity index (χ1) is 8.65. The third-order valence-corrected chi connectivity index (χ3v) is 2.99. The highest BCUT2D eigenvalue weighted by Crippen LogP contribution is 2.29. The zero-order chi connectivity index (χ0) is 13.0. The molecule has 2 rings (SSSR count). The molecule has 0 bridgehead atoms. The maximum absolute atomic E-state index is 11.1. The number of amides is 1. The fourth-order valence-electron chi connectivity index (χ4n) is 1.84.